The van der Waals surface area contributed by atoms with E-state index in [1.807, 2.05) is 50.2 Å². The average molecular weight is 468 g/mol. The molecule has 7 nitrogen and oxygen atoms in total. The Morgan fingerprint density at radius 1 is 1.24 bits per heavy atom. The number of ether oxygens (including phenoxy) is 3. The number of anilines is 1. The van der Waals surface area contributed by atoms with Crippen molar-refractivity contribution >= 4 is 32.6 Å². The molecule has 1 amide bonds. The lowest BCUT2D eigenvalue weighted by molar-refractivity contribution is -0.125. The van der Waals surface area contributed by atoms with E-state index < -0.39 is 0 Å². The van der Waals surface area contributed by atoms with Crippen LogP contribution in [0.2, 0.25) is 0 Å². The molecular weight excluding hydrogens is 438 g/mol. The minimum absolute atomic E-state index is 0.0654. The summed E-state index contributed by atoms with van der Waals surface area (Å²) in [6, 6.07) is 11.8. The highest BCUT2D eigenvalue weighted by atomic mass is 32.1. The number of rotatable bonds is 6. The summed E-state index contributed by atoms with van der Waals surface area (Å²) in [5, 5.41) is 4.17. The zero-order valence-electron chi connectivity index (χ0n) is 19.0. The van der Waals surface area contributed by atoms with Crippen molar-refractivity contribution in [3.05, 3.63) is 42.0 Å². The number of carbonyl (C=O) groups is 1. The Labute approximate surface area is 197 Å². The minimum Gasteiger partial charge on any atom is -0.494 e. The van der Waals surface area contributed by atoms with Crippen molar-refractivity contribution in [3.8, 4) is 17.2 Å². The van der Waals surface area contributed by atoms with Gasteiger partial charge >= 0.3 is 0 Å². The molecule has 1 N–H and O–H groups in total. The van der Waals surface area contributed by atoms with Crippen LogP contribution in [0.5, 0.6) is 17.2 Å². The smallest absolute Gasteiger partial charge is 0.225 e. The lowest BCUT2D eigenvalue weighted by Crippen LogP contribution is -2.43. The number of thiazole rings is 1. The predicted molar refractivity (Wildman–Crippen MR) is 130 cm³/mol. The van der Waals surface area contributed by atoms with Crippen LogP contribution in [0.15, 0.2) is 36.4 Å². The van der Waals surface area contributed by atoms with Crippen LogP contribution in [0.4, 0.5) is 5.13 Å². The number of nitrogens with one attached hydrogen (secondary N) is 1. The van der Waals surface area contributed by atoms with Gasteiger partial charge in [-0.25, -0.2) is 4.98 Å². The molecule has 33 heavy (non-hydrogen) atoms. The summed E-state index contributed by atoms with van der Waals surface area (Å²) in [6.07, 6.45) is 1.85. The maximum absolute atomic E-state index is 13.1. The van der Waals surface area contributed by atoms with Gasteiger partial charge in [-0.1, -0.05) is 17.4 Å². The fourth-order valence-corrected chi connectivity index (χ4v) is 5.42. The van der Waals surface area contributed by atoms with Crippen molar-refractivity contribution in [3.63, 3.8) is 0 Å². The van der Waals surface area contributed by atoms with E-state index in [1.165, 1.54) is 0 Å². The van der Waals surface area contributed by atoms with E-state index in [1.54, 1.807) is 11.3 Å². The molecule has 0 aliphatic carbocycles. The zero-order valence-corrected chi connectivity index (χ0v) is 19.8. The second kappa shape index (κ2) is 9.47. The van der Waals surface area contributed by atoms with Gasteiger partial charge < -0.3 is 24.4 Å². The first kappa shape index (κ1) is 21.8. The molecule has 8 heteroatoms. The van der Waals surface area contributed by atoms with Crippen LogP contribution in [-0.2, 0) is 4.79 Å². The van der Waals surface area contributed by atoms with Crippen LogP contribution in [0.3, 0.4) is 0 Å². The summed E-state index contributed by atoms with van der Waals surface area (Å²) in [5.74, 6) is 2.39. The molecule has 5 rings (SSSR count). The van der Waals surface area contributed by atoms with E-state index in [2.05, 4.69) is 10.2 Å². The highest BCUT2D eigenvalue weighted by molar-refractivity contribution is 7.22. The lowest BCUT2D eigenvalue weighted by atomic mass is 9.96. The first-order valence-corrected chi connectivity index (χ1v) is 12.4. The second-order valence-electron chi connectivity index (χ2n) is 8.48. The summed E-state index contributed by atoms with van der Waals surface area (Å²) < 4.78 is 18.0. The molecule has 3 heterocycles. The second-order valence-corrected chi connectivity index (χ2v) is 9.49. The van der Waals surface area contributed by atoms with E-state index in [-0.39, 0.29) is 17.9 Å². The Bertz CT molecular complexity index is 1150. The number of hydrogen-bond donors (Lipinski definition) is 1. The number of benzene rings is 2. The van der Waals surface area contributed by atoms with Gasteiger partial charge in [0.2, 0.25) is 5.91 Å². The molecule has 2 atom stereocenters. The Kier molecular flexibility index (Phi) is 6.26. The fraction of sp³-hybridized carbons (Fsp3) is 0.440. The van der Waals surface area contributed by atoms with Gasteiger partial charge in [-0.05, 0) is 62.6 Å². The number of piperidine rings is 1. The van der Waals surface area contributed by atoms with Gasteiger partial charge in [-0.2, -0.15) is 0 Å². The lowest BCUT2D eigenvalue weighted by Gasteiger charge is -2.32. The number of nitrogens with zero attached hydrogens (tertiary/aromatic N) is 2. The third kappa shape index (κ3) is 4.71. The maximum atomic E-state index is 13.1. The third-order valence-corrected chi connectivity index (χ3v) is 7.23. The Balaban J connectivity index is 1.24. The van der Waals surface area contributed by atoms with Crippen molar-refractivity contribution in [2.45, 2.75) is 32.7 Å². The van der Waals surface area contributed by atoms with Crippen LogP contribution in [-0.4, -0.2) is 43.8 Å². The number of hydrogen-bond acceptors (Lipinski definition) is 7. The Morgan fingerprint density at radius 2 is 2.09 bits per heavy atom. The van der Waals surface area contributed by atoms with Gasteiger partial charge in [0.05, 0.1) is 28.8 Å². The summed E-state index contributed by atoms with van der Waals surface area (Å²) in [7, 11) is 0. The molecule has 1 aromatic heterocycles. The van der Waals surface area contributed by atoms with Gasteiger partial charge in [0.1, 0.15) is 19.0 Å². The van der Waals surface area contributed by atoms with Crippen LogP contribution < -0.4 is 24.4 Å². The highest BCUT2D eigenvalue weighted by Crippen LogP contribution is 2.35. The van der Waals surface area contributed by atoms with Crippen molar-refractivity contribution in [1.29, 1.82) is 0 Å². The molecular formula is C25H29N3O4S. The molecule has 0 radical (unpaired) electrons. The molecule has 174 valence electrons. The fourth-order valence-electron chi connectivity index (χ4n) is 4.39. The van der Waals surface area contributed by atoms with E-state index in [0.717, 1.165) is 57.5 Å². The Hall–Kier alpha value is -3.00. The standard InChI is InChI=1S/C25H29N3O4S/c1-3-30-19-7-8-20-23(14-19)33-25(27-20)28-10-4-5-18(15-28)24(29)26-16(2)17-6-9-21-22(13-17)32-12-11-31-21/h6-9,13-14,16,18H,3-5,10-12,15H2,1-2H3,(H,26,29)/t16-,18-/m1/s1. The first-order valence-electron chi connectivity index (χ1n) is 11.6. The first-order chi connectivity index (χ1) is 16.1. The number of aromatic nitrogens is 1. The van der Waals surface area contributed by atoms with Gasteiger partial charge in [-0.3, -0.25) is 4.79 Å². The van der Waals surface area contributed by atoms with Crippen molar-refractivity contribution in [2.75, 3.05) is 37.8 Å². The number of amides is 1. The molecule has 3 aromatic rings. The maximum Gasteiger partial charge on any atom is 0.225 e. The van der Waals surface area contributed by atoms with E-state index in [4.69, 9.17) is 19.2 Å². The van der Waals surface area contributed by atoms with Crippen molar-refractivity contribution in [2.24, 2.45) is 5.92 Å². The predicted octanol–water partition coefficient (Wildman–Crippen LogP) is 4.56. The highest BCUT2D eigenvalue weighted by Gasteiger charge is 2.28. The van der Waals surface area contributed by atoms with Crippen LogP contribution in [0.1, 0.15) is 38.3 Å². The minimum atomic E-state index is -0.108. The molecule has 1 saturated heterocycles. The van der Waals surface area contributed by atoms with Crippen LogP contribution in [0.25, 0.3) is 10.2 Å². The van der Waals surface area contributed by atoms with E-state index in [9.17, 15) is 4.79 Å². The zero-order chi connectivity index (χ0) is 22.8. The molecule has 2 aromatic carbocycles. The SMILES string of the molecule is CCOc1ccc2nc(N3CCC[C@@H](C(=O)N[C@H](C)c4ccc5c(c4)OCCO5)C3)sc2c1. The monoisotopic (exact) mass is 467 g/mol. The summed E-state index contributed by atoms with van der Waals surface area (Å²) in [5.41, 5.74) is 1.98. The van der Waals surface area contributed by atoms with Gasteiger partial charge in [0.15, 0.2) is 16.6 Å². The number of carbonyl (C=O) groups excluding carboxylic acids is 1. The van der Waals surface area contributed by atoms with Crippen molar-refractivity contribution in [1.82, 2.24) is 10.3 Å². The summed E-state index contributed by atoms with van der Waals surface area (Å²) >= 11 is 1.66. The van der Waals surface area contributed by atoms with E-state index in [0.29, 0.717) is 26.4 Å². The molecule has 0 unspecified atom stereocenters. The van der Waals surface area contributed by atoms with Gasteiger partial charge in [0.25, 0.3) is 0 Å². The Morgan fingerprint density at radius 3 is 2.94 bits per heavy atom. The van der Waals surface area contributed by atoms with Gasteiger partial charge in [0, 0.05) is 13.1 Å². The quantitative estimate of drug-likeness (QED) is 0.573. The van der Waals surface area contributed by atoms with Crippen LogP contribution in [0, 0.1) is 5.92 Å². The summed E-state index contributed by atoms with van der Waals surface area (Å²) in [4.78, 5) is 20.2. The van der Waals surface area contributed by atoms with Crippen molar-refractivity contribution < 1.29 is 19.0 Å². The normalized spacial score (nSPS) is 18.7. The largest absolute Gasteiger partial charge is 0.494 e. The third-order valence-electron chi connectivity index (χ3n) is 6.15. The molecule has 2 aliphatic heterocycles. The molecule has 0 spiro atoms. The number of fused-ring (bicyclic) bond motifs is 2. The molecule has 2 aliphatic rings. The molecule has 0 saturated carbocycles. The van der Waals surface area contributed by atoms with E-state index >= 15 is 0 Å². The average Bonchev–Trinajstić information content (AvgIpc) is 3.27. The summed E-state index contributed by atoms with van der Waals surface area (Å²) in [6.45, 7) is 7.35. The van der Waals surface area contributed by atoms with Gasteiger partial charge in [-0.15, -0.1) is 0 Å². The molecule has 1 fully saturated rings. The topological polar surface area (TPSA) is 72.9 Å². The van der Waals surface area contributed by atoms with Crippen LogP contribution >= 0.6 is 11.3 Å². The molecule has 0 bridgehead atoms.